The Morgan fingerprint density at radius 2 is 1.38 bits per heavy atom. The van der Waals surface area contributed by atoms with Crippen LogP contribution in [0.1, 0.15) is 40.4 Å². The van der Waals surface area contributed by atoms with Crippen LogP contribution in [0.4, 0.5) is 0 Å². The summed E-state index contributed by atoms with van der Waals surface area (Å²) < 4.78 is 0. The van der Waals surface area contributed by atoms with Gasteiger partial charge in [-0.1, -0.05) is 189 Å². The topological polar surface area (TPSA) is 51.6 Å². The molecule has 2 aromatic heterocycles. The van der Waals surface area contributed by atoms with Crippen LogP contribution in [-0.2, 0) is 5.41 Å². The Hall–Kier alpha value is -6.95. The number of benzene rings is 5. The van der Waals surface area contributed by atoms with E-state index in [-0.39, 0.29) is 5.92 Å². The van der Waals surface area contributed by atoms with E-state index in [1.807, 2.05) is 73.0 Å². The fourth-order valence-electron chi connectivity index (χ4n) is 8.85. The molecule has 0 radical (unpaired) electrons. The van der Waals surface area contributed by atoms with Crippen molar-refractivity contribution in [2.45, 2.75) is 17.8 Å². The van der Waals surface area contributed by atoms with E-state index in [4.69, 9.17) is 19.9 Å². The lowest BCUT2D eigenvalue weighted by Gasteiger charge is -2.43. The number of aromatic nitrogens is 4. The monoisotopic (exact) mass is 762 g/mol. The van der Waals surface area contributed by atoms with Crippen LogP contribution in [0.5, 0.6) is 0 Å². The second kappa shape index (κ2) is 14.8. The lowest BCUT2D eigenvalue weighted by Crippen LogP contribution is -2.34. The maximum atomic E-state index is 5.11. The maximum absolute atomic E-state index is 5.11. The molecular formula is C53H38N4S. The van der Waals surface area contributed by atoms with Crippen LogP contribution in [-0.4, -0.2) is 19.9 Å². The molecule has 0 bridgehead atoms. The maximum Gasteiger partial charge on any atom is 0.164 e. The first-order chi connectivity index (χ1) is 28.6. The largest absolute Gasteiger partial charge is 0.256 e. The molecule has 0 saturated carbocycles. The summed E-state index contributed by atoms with van der Waals surface area (Å²) in [4.78, 5) is 22.5. The zero-order valence-corrected chi connectivity index (χ0v) is 32.6. The number of para-hydroxylation sites is 1. The Balaban J connectivity index is 1.19. The van der Waals surface area contributed by atoms with Gasteiger partial charge in [-0.25, -0.2) is 15.0 Å². The molecule has 0 fully saturated rings. The minimum absolute atomic E-state index is 0.141. The fraction of sp³-hybridized carbons (Fsp3) is 0.0566. The lowest BCUT2D eigenvalue weighted by atomic mass is 9.64. The van der Waals surface area contributed by atoms with Gasteiger partial charge in [0.15, 0.2) is 17.5 Å². The molecule has 4 nitrogen and oxygen atoms in total. The van der Waals surface area contributed by atoms with Crippen LogP contribution in [0.3, 0.4) is 0 Å². The van der Waals surface area contributed by atoms with E-state index < -0.39 is 5.41 Å². The van der Waals surface area contributed by atoms with E-state index >= 15 is 0 Å². The number of pyridine rings is 1. The zero-order valence-electron chi connectivity index (χ0n) is 31.8. The summed E-state index contributed by atoms with van der Waals surface area (Å²) in [5, 5.41) is 1.15. The molecule has 0 saturated heterocycles. The van der Waals surface area contributed by atoms with Gasteiger partial charge in [-0.05, 0) is 69.2 Å². The molecule has 7 aromatic rings. The summed E-state index contributed by atoms with van der Waals surface area (Å²) in [6.45, 7) is 8.24. The number of nitrogens with zero attached hydrogens (tertiary/aromatic N) is 4. The van der Waals surface area contributed by atoms with Crippen LogP contribution in [0.25, 0.3) is 57.0 Å². The predicted octanol–water partition coefficient (Wildman–Crippen LogP) is 13.1. The van der Waals surface area contributed by atoms with Gasteiger partial charge < -0.3 is 0 Å². The predicted molar refractivity (Wildman–Crippen MR) is 242 cm³/mol. The Kier molecular flexibility index (Phi) is 9.08. The fourth-order valence-corrected chi connectivity index (χ4v) is 10.0. The Labute approximate surface area is 343 Å². The second-order valence-electron chi connectivity index (χ2n) is 14.6. The third-order valence-electron chi connectivity index (χ3n) is 11.3. The van der Waals surface area contributed by atoms with Gasteiger partial charge in [-0.2, -0.15) is 0 Å². The van der Waals surface area contributed by atoms with Crippen molar-refractivity contribution in [1.82, 2.24) is 19.9 Å². The van der Waals surface area contributed by atoms with Gasteiger partial charge >= 0.3 is 0 Å². The molecule has 5 heteroatoms. The Morgan fingerprint density at radius 3 is 2.16 bits per heavy atom. The number of allylic oxidation sites excluding steroid dienone is 8. The zero-order chi connectivity index (χ0) is 39.1. The van der Waals surface area contributed by atoms with Gasteiger partial charge in [-0.3, -0.25) is 4.98 Å². The first kappa shape index (κ1) is 35.5. The molecule has 276 valence electrons. The summed E-state index contributed by atoms with van der Waals surface area (Å²) in [5.41, 5.74) is 12.0. The summed E-state index contributed by atoms with van der Waals surface area (Å²) in [6.07, 6.45) is 19.8. The summed E-state index contributed by atoms with van der Waals surface area (Å²) in [5.74, 6) is 1.94. The van der Waals surface area contributed by atoms with Crippen LogP contribution in [0, 0.1) is 0 Å². The summed E-state index contributed by atoms with van der Waals surface area (Å²) >= 11 is 1.80. The summed E-state index contributed by atoms with van der Waals surface area (Å²) in [6, 6.07) is 46.9. The molecule has 2 aliphatic carbocycles. The number of thioether (sulfide) groups is 1. The van der Waals surface area contributed by atoms with Crippen LogP contribution >= 0.6 is 11.8 Å². The van der Waals surface area contributed by atoms with Crippen molar-refractivity contribution in [1.29, 1.82) is 0 Å². The van der Waals surface area contributed by atoms with Crippen LogP contribution < -0.4 is 0 Å². The Morgan fingerprint density at radius 1 is 0.672 bits per heavy atom. The molecule has 3 heterocycles. The van der Waals surface area contributed by atoms with E-state index in [1.54, 1.807) is 17.8 Å². The standard InChI is InChI=1S/C53H38N4S/c1-3-5-16-35-17-13-21-39(33-35)52-56-49(55-51(57-52)37-18-7-6-8-19-37)31-29-45-47(4-2)58-48-30-28-38(40-25-14-20-36-22-15-32-54-50(36)40)34-46(48)53(45)43-26-11-9-23-41(43)42-24-10-12-27-44(42)53/h3-27,29-34,38H,1-2,28H2/b16-5-,31-29+. The second-order valence-corrected chi connectivity index (χ2v) is 15.7. The Bertz CT molecular complexity index is 2900. The molecule has 1 atom stereocenters. The van der Waals surface area contributed by atoms with E-state index in [0.717, 1.165) is 44.5 Å². The minimum Gasteiger partial charge on any atom is -0.256 e. The third-order valence-corrected chi connectivity index (χ3v) is 12.6. The molecule has 5 aromatic carbocycles. The smallest absolute Gasteiger partial charge is 0.164 e. The molecule has 1 unspecified atom stereocenters. The quantitative estimate of drug-likeness (QED) is 0.144. The number of fused-ring (bicyclic) bond motifs is 8. The highest BCUT2D eigenvalue weighted by Gasteiger charge is 2.52. The van der Waals surface area contributed by atoms with E-state index in [2.05, 4.69) is 122 Å². The van der Waals surface area contributed by atoms with Gasteiger partial charge in [0.05, 0.1) is 10.9 Å². The van der Waals surface area contributed by atoms with Crippen molar-refractivity contribution in [3.8, 4) is 33.9 Å². The lowest BCUT2D eigenvalue weighted by molar-refractivity contribution is 0.722. The molecule has 1 aliphatic heterocycles. The number of hydrogen-bond donors (Lipinski definition) is 0. The SMILES string of the molecule is C=C/C=C\c1cccc(-c2nc(/C=C/C3=C(C=C)SC4=CCC(c5cccc6cccnc56)C=C4C34c3ccccc3-c3ccccc34)nc(-c3ccccc3)n2)c1. The summed E-state index contributed by atoms with van der Waals surface area (Å²) in [7, 11) is 0. The average Bonchev–Trinajstić information content (AvgIpc) is 3.58. The molecular weight excluding hydrogens is 725 g/mol. The van der Waals surface area contributed by atoms with Crippen molar-refractivity contribution >= 4 is 34.8 Å². The highest BCUT2D eigenvalue weighted by molar-refractivity contribution is 8.07. The molecule has 3 aliphatic rings. The van der Waals surface area contributed by atoms with Gasteiger partial charge in [0.2, 0.25) is 0 Å². The average molecular weight is 763 g/mol. The molecule has 0 amide bonds. The van der Waals surface area contributed by atoms with Gasteiger partial charge in [0.1, 0.15) is 0 Å². The first-order valence-corrected chi connectivity index (χ1v) is 20.4. The number of rotatable bonds is 8. The molecule has 0 N–H and O–H groups in total. The van der Waals surface area contributed by atoms with Gasteiger partial charge in [0.25, 0.3) is 0 Å². The molecule has 1 spiro atoms. The van der Waals surface area contributed by atoms with Crippen molar-refractivity contribution < 1.29 is 0 Å². The number of hydrogen-bond acceptors (Lipinski definition) is 5. The van der Waals surface area contributed by atoms with E-state index in [0.29, 0.717) is 17.5 Å². The molecule has 58 heavy (non-hydrogen) atoms. The van der Waals surface area contributed by atoms with Crippen molar-refractivity contribution in [2.24, 2.45) is 0 Å². The van der Waals surface area contributed by atoms with E-state index in [1.165, 1.54) is 38.3 Å². The van der Waals surface area contributed by atoms with Crippen molar-refractivity contribution in [3.05, 3.63) is 238 Å². The highest BCUT2D eigenvalue weighted by atomic mass is 32.2. The van der Waals surface area contributed by atoms with Crippen molar-refractivity contribution in [2.75, 3.05) is 0 Å². The highest BCUT2D eigenvalue weighted by Crippen LogP contribution is 2.65. The van der Waals surface area contributed by atoms with E-state index in [9.17, 15) is 0 Å². The van der Waals surface area contributed by atoms with Crippen molar-refractivity contribution in [3.63, 3.8) is 0 Å². The normalized spacial score (nSPS) is 16.6. The van der Waals surface area contributed by atoms with Gasteiger partial charge in [-0.15, -0.1) is 0 Å². The minimum atomic E-state index is -0.620. The molecule has 10 rings (SSSR count). The van der Waals surface area contributed by atoms with Crippen LogP contribution in [0.2, 0.25) is 0 Å². The third kappa shape index (κ3) is 5.94. The van der Waals surface area contributed by atoms with Crippen LogP contribution in [0.15, 0.2) is 210 Å². The van der Waals surface area contributed by atoms with Gasteiger partial charge in [0, 0.05) is 38.4 Å². The first-order valence-electron chi connectivity index (χ1n) is 19.6.